The van der Waals surface area contributed by atoms with E-state index in [-0.39, 0.29) is 37.4 Å². The van der Waals surface area contributed by atoms with E-state index in [4.69, 9.17) is 5.73 Å². The first kappa shape index (κ1) is 19.3. The van der Waals surface area contributed by atoms with E-state index >= 15 is 0 Å². The molecular weight excluding hydrogens is 370 g/mol. The molecule has 2 fully saturated rings. The SMILES string of the molecule is NCC(=O)N1CCN(C(=O)c2cccs2)C[C@@H]1C(=O)N[C@@H]1CCCNC1=O. The second kappa shape index (κ2) is 8.49. The van der Waals surface area contributed by atoms with Gasteiger partial charge in [-0.05, 0) is 24.3 Å². The maximum Gasteiger partial charge on any atom is 0.264 e. The minimum atomic E-state index is -0.867. The van der Waals surface area contributed by atoms with E-state index in [0.29, 0.717) is 24.4 Å². The number of amides is 4. The molecule has 0 aromatic carbocycles. The van der Waals surface area contributed by atoms with Crippen LogP contribution in [0.3, 0.4) is 0 Å². The van der Waals surface area contributed by atoms with Crippen LogP contribution in [-0.4, -0.2) is 78.2 Å². The lowest BCUT2D eigenvalue weighted by Crippen LogP contribution is -2.64. The zero-order valence-electron chi connectivity index (χ0n) is 14.8. The average Bonchev–Trinajstić information content (AvgIpc) is 3.23. The lowest BCUT2D eigenvalue weighted by atomic mass is 10.0. The Morgan fingerprint density at radius 1 is 1.33 bits per heavy atom. The van der Waals surface area contributed by atoms with Crippen LogP contribution in [0.2, 0.25) is 0 Å². The van der Waals surface area contributed by atoms with Gasteiger partial charge in [0, 0.05) is 19.6 Å². The minimum absolute atomic E-state index is 0.0721. The summed E-state index contributed by atoms with van der Waals surface area (Å²) in [5.74, 6) is -1.19. The normalized spacial score (nSPS) is 22.9. The number of piperidine rings is 1. The standard InChI is InChI=1S/C17H23N5O4S/c18-9-14(23)22-7-6-21(17(26)13-4-2-8-27-13)10-12(22)16(25)20-11-3-1-5-19-15(11)24/h2,4,8,11-12H,1,3,5-7,9-10,18H2,(H,19,24)(H,20,25)/t11-,12-/m1/s1. The van der Waals surface area contributed by atoms with E-state index in [9.17, 15) is 19.2 Å². The van der Waals surface area contributed by atoms with Gasteiger partial charge < -0.3 is 26.2 Å². The molecule has 146 valence electrons. The number of piperazine rings is 1. The average molecular weight is 393 g/mol. The Balaban J connectivity index is 1.73. The van der Waals surface area contributed by atoms with Crippen molar-refractivity contribution in [2.24, 2.45) is 5.73 Å². The van der Waals surface area contributed by atoms with Crippen molar-refractivity contribution >= 4 is 35.0 Å². The van der Waals surface area contributed by atoms with E-state index in [0.717, 1.165) is 6.42 Å². The van der Waals surface area contributed by atoms with Gasteiger partial charge in [0.05, 0.1) is 18.0 Å². The predicted octanol–water partition coefficient (Wildman–Crippen LogP) is -1.25. The lowest BCUT2D eigenvalue weighted by Gasteiger charge is -2.40. The highest BCUT2D eigenvalue weighted by atomic mass is 32.1. The van der Waals surface area contributed by atoms with E-state index in [1.807, 2.05) is 5.38 Å². The Morgan fingerprint density at radius 3 is 2.81 bits per heavy atom. The van der Waals surface area contributed by atoms with Crippen LogP contribution in [0.15, 0.2) is 17.5 Å². The van der Waals surface area contributed by atoms with Crippen LogP contribution < -0.4 is 16.4 Å². The first-order valence-electron chi connectivity index (χ1n) is 8.91. The third-order valence-electron chi connectivity index (χ3n) is 4.80. The summed E-state index contributed by atoms with van der Waals surface area (Å²) in [6.45, 7) is 1.00. The smallest absolute Gasteiger partial charge is 0.264 e. The summed E-state index contributed by atoms with van der Waals surface area (Å²) >= 11 is 1.33. The Bertz CT molecular complexity index is 723. The first-order chi connectivity index (χ1) is 13.0. The molecular formula is C17H23N5O4S. The molecule has 2 aliphatic heterocycles. The number of nitrogens with one attached hydrogen (secondary N) is 2. The van der Waals surface area contributed by atoms with Crippen molar-refractivity contribution in [3.8, 4) is 0 Å². The summed E-state index contributed by atoms with van der Waals surface area (Å²) in [6, 6.07) is 2.03. The number of thiophene rings is 1. The molecule has 0 spiro atoms. The molecule has 3 rings (SSSR count). The Kier molecular flexibility index (Phi) is 6.07. The zero-order valence-corrected chi connectivity index (χ0v) is 15.7. The topological polar surface area (TPSA) is 125 Å². The number of nitrogens with zero attached hydrogens (tertiary/aromatic N) is 2. The molecule has 2 saturated heterocycles. The van der Waals surface area contributed by atoms with Gasteiger partial charge in [0.2, 0.25) is 17.7 Å². The molecule has 2 aliphatic rings. The van der Waals surface area contributed by atoms with Crippen molar-refractivity contribution in [1.29, 1.82) is 0 Å². The molecule has 0 radical (unpaired) electrons. The van der Waals surface area contributed by atoms with E-state index in [1.54, 1.807) is 17.0 Å². The molecule has 0 aliphatic carbocycles. The maximum absolute atomic E-state index is 12.8. The minimum Gasteiger partial charge on any atom is -0.354 e. The van der Waals surface area contributed by atoms with Crippen molar-refractivity contribution in [2.75, 3.05) is 32.7 Å². The molecule has 0 saturated carbocycles. The lowest BCUT2D eigenvalue weighted by molar-refractivity contribution is -0.143. The molecule has 4 amide bonds. The fraction of sp³-hybridized carbons (Fsp3) is 0.529. The summed E-state index contributed by atoms with van der Waals surface area (Å²) in [5, 5.41) is 7.25. The third-order valence-corrected chi connectivity index (χ3v) is 5.66. The molecule has 1 aromatic rings. The van der Waals surface area contributed by atoms with Gasteiger partial charge in [-0.15, -0.1) is 11.3 Å². The van der Waals surface area contributed by atoms with Crippen LogP contribution in [-0.2, 0) is 14.4 Å². The number of hydrogen-bond acceptors (Lipinski definition) is 6. The van der Waals surface area contributed by atoms with Gasteiger partial charge in [-0.2, -0.15) is 0 Å². The molecule has 1 aromatic heterocycles. The highest BCUT2D eigenvalue weighted by molar-refractivity contribution is 7.12. The summed E-state index contributed by atoms with van der Waals surface area (Å²) in [6.07, 6.45) is 1.32. The van der Waals surface area contributed by atoms with Crippen LogP contribution in [0, 0.1) is 0 Å². The molecule has 3 heterocycles. The number of nitrogens with two attached hydrogens (primary N) is 1. The Hall–Kier alpha value is -2.46. The fourth-order valence-corrected chi connectivity index (χ4v) is 4.03. The summed E-state index contributed by atoms with van der Waals surface area (Å²) < 4.78 is 0. The zero-order chi connectivity index (χ0) is 19.4. The van der Waals surface area contributed by atoms with Crippen LogP contribution in [0.5, 0.6) is 0 Å². The molecule has 2 atom stereocenters. The van der Waals surface area contributed by atoms with Gasteiger partial charge in [-0.25, -0.2) is 0 Å². The molecule has 27 heavy (non-hydrogen) atoms. The van der Waals surface area contributed by atoms with Gasteiger partial charge >= 0.3 is 0 Å². The Morgan fingerprint density at radius 2 is 2.15 bits per heavy atom. The number of carbonyl (C=O) groups is 4. The molecule has 0 unspecified atom stereocenters. The number of hydrogen-bond donors (Lipinski definition) is 3. The van der Waals surface area contributed by atoms with Crippen molar-refractivity contribution in [1.82, 2.24) is 20.4 Å². The van der Waals surface area contributed by atoms with Gasteiger partial charge in [0.15, 0.2) is 0 Å². The van der Waals surface area contributed by atoms with E-state index in [2.05, 4.69) is 10.6 Å². The fourth-order valence-electron chi connectivity index (χ4n) is 3.34. The van der Waals surface area contributed by atoms with Crippen molar-refractivity contribution in [3.63, 3.8) is 0 Å². The number of carbonyl (C=O) groups excluding carboxylic acids is 4. The quantitative estimate of drug-likeness (QED) is 0.590. The molecule has 10 heteroatoms. The highest BCUT2D eigenvalue weighted by Crippen LogP contribution is 2.17. The van der Waals surface area contributed by atoms with Crippen LogP contribution in [0.1, 0.15) is 22.5 Å². The summed E-state index contributed by atoms with van der Waals surface area (Å²) in [7, 11) is 0. The molecule has 4 N–H and O–H groups in total. The second-order valence-corrected chi connectivity index (χ2v) is 7.48. The van der Waals surface area contributed by atoms with Crippen molar-refractivity contribution in [2.45, 2.75) is 24.9 Å². The summed E-state index contributed by atoms with van der Waals surface area (Å²) in [4.78, 5) is 53.1. The van der Waals surface area contributed by atoms with Gasteiger partial charge in [-0.3, -0.25) is 19.2 Å². The first-order valence-corrected chi connectivity index (χ1v) is 9.79. The maximum atomic E-state index is 12.8. The van der Waals surface area contributed by atoms with Crippen LogP contribution >= 0.6 is 11.3 Å². The second-order valence-electron chi connectivity index (χ2n) is 6.53. The predicted molar refractivity (Wildman–Crippen MR) is 99.0 cm³/mol. The van der Waals surface area contributed by atoms with E-state index in [1.165, 1.54) is 16.2 Å². The van der Waals surface area contributed by atoms with E-state index < -0.39 is 18.0 Å². The summed E-state index contributed by atoms with van der Waals surface area (Å²) in [5.41, 5.74) is 5.48. The highest BCUT2D eigenvalue weighted by Gasteiger charge is 2.38. The third kappa shape index (κ3) is 4.28. The van der Waals surface area contributed by atoms with Crippen LogP contribution in [0.25, 0.3) is 0 Å². The van der Waals surface area contributed by atoms with Gasteiger partial charge in [0.25, 0.3) is 5.91 Å². The Labute approximate surface area is 160 Å². The molecule has 9 nitrogen and oxygen atoms in total. The van der Waals surface area contributed by atoms with Gasteiger partial charge in [0.1, 0.15) is 12.1 Å². The van der Waals surface area contributed by atoms with Gasteiger partial charge in [-0.1, -0.05) is 6.07 Å². The molecule has 0 bridgehead atoms. The number of rotatable bonds is 4. The largest absolute Gasteiger partial charge is 0.354 e. The van der Waals surface area contributed by atoms with Crippen LogP contribution in [0.4, 0.5) is 0 Å². The monoisotopic (exact) mass is 393 g/mol. The van der Waals surface area contributed by atoms with Crippen molar-refractivity contribution < 1.29 is 19.2 Å². The van der Waals surface area contributed by atoms with Crippen molar-refractivity contribution in [3.05, 3.63) is 22.4 Å².